The van der Waals surface area contributed by atoms with Crippen LogP contribution >= 0.6 is 0 Å². The molecule has 0 bridgehead atoms. The van der Waals surface area contributed by atoms with Crippen LogP contribution in [0.4, 0.5) is 0 Å². The molecule has 4 nitrogen and oxygen atoms in total. The van der Waals surface area contributed by atoms with Gasteiger partial charge in [-0.3, -0.25) is 4.18 Å². The van der Waals surface area contributed by atoms with Gasteiger partial charge in [-0.05, 0) is 46.1 Å². The zero-order valence-corrected chi connectivity index (χ0v) is 19.0. The molecule has 0 aliphatic carbocycles. The van der Waals surface area contributed by atoms with Crippen molar-refractivity contribution in [3.05, 3.63) is 12.2 Å². The second kappa shape index (κ2) is 18.9. The summed E-state index contributed by atoms with van der Waals surface area (Å²) in [5.74, 6) is 0. The number of hydrogen-bond acceptors (Lipinski definition) is 4. The molecule has 0 aromatic heterocycles. The monoisotopic (exact) mass is 403 g/mol. The van der Waals surface area contributed by atoms with Crippen LogP contribution in [0.2, 0.25) is 0 Å². The molecule has 0 fully saturated rings. The average Bonchev–Trinajstić information content (AvgIpc) is 2.64. The first-order valence-electron chi connectivity index (χ1n) is 11.2. The van der Waals surface area contributed by atoms with Crippen LogP contribution < -0.4 is 5.32 Å². The maximum Gasteiger partial charge on any atom is 0.271 e. The average molecular weight is 404 g/mol. The first-order valence-corrected chi connectivity index (χ1v) is 12.7. The molecule has 0 amide bonds. The Morgan fingerprint density at radius 3 is 1.81 bits per heavy atom. The van der Waals surface area contributed by atoms with Crippen molar-refractivity contribution in [1.82, 2.24) is 5.32 Å². The summed E-state index contributed by atoms with van der Waals surface area (Å²) in [7, 11) is -1.67. The molecule has 0 rings (SSSR count). The Bertz CT molecular complexity index is 435. The molecule has 27 heavy (non-hydrogen) atoms. The highest BCUT2D eigenvalue weighted by Crippen LogP contribution is 2.11. The van der Waals surface area contributed by atoms with Gasteiger partial charge in [0, 0.05) is 6.54 Å². The molecule has 0 spiro atoms. The largest absolute Gasteiger partial charge is 0.318 e. The van der Waals surface area contributed by atoms with Crippen LogP contribution in [0.5, 0.6) is 0 Å². The molecule has 0 aliphatic rings. The zero-order chi connectivity index (χ0) is 20.2. The van der Waals surface area contributed by atoms with E-state index in [9.17, 15) is 8.42 Å². The van der Waals surface area contributed by atoms with Crippen LogP contribution in [-0.2, 0) is 14.3 Å². The molecule has 1 atom stereocenters. The van der Waals surface area contributed by atoms with Gasteiger partial charge in [0.25, 0.3) is 10.1 Å². The standard InChI is InChI=1S/C22H45NO3S/c1-4-5-6-7-8-9-10-11-12-13-14-15-16-17-18-19-20-26-27(24,25)22(2)21-23-3/h11-12,22-23H,4-10,13-21H2,1-3H3/b12-11-. The van der Waals surface area contributed by atoms with E-state index in [-0.39, 0.29) is 0 Å². The van der Waals surface area contributed by atoms with Crippen LogP contribution in [-0.4, -0.2) is 33.9 Å². The minimum absolute atomic E-state index is 0.317. The molecular formula is C22H45NO3S. The Kier molecular flexibility index (Phi) is 18.7. The predicted molar refractivity (Wildman–Crippen MR) is 118 cm³/mol. The van der Waals surface area contributed by atoms with Crippen molar-refractivity contribution in [2.75, 3.05) is 20.2 Å². The fraction of sp³-hybridized carbons (Fsp3) is 0.909. The third kappa shape index (κ3) is 17.4. The van der Waals surface area contributed by atoms with E-state index in [0.717, 1.165) is 19.3 Å². The van der Waals surface area contributed by atoms with E-state index in [4.69, 9.17) is 4.18 Å². The van der Waals surface area contributed by atoms with Gasteiger partial charge in [-0.15, -0.1) is 0 Å². The molecular weight excluding hydrogens is 358 g/mol. The molecule has 0 aliphatic heterocycles. The van der Waals surface area contributed by atoms with E-state index >= 15 is 0 Å². The van der Waals surface area contributed by atoms with Gasteiger partial charge in [-0.2, -0.15) is 8.42 Å². The van der Waals surface area contributed by atoms with E-state index < -0.39 is 15.4 Å². The van der Waals surface area contributed by atoms with Crippen LogP contribution in [0.25, 0.3) is 0 Å². The first kappa shape index (κ1) is 26.6. The molecule has 0 heterocycles. The molecule has 162 valence electrons. The highest BCUT2D eigenvalue weighted by atomic mass is 32.2. The smallest absolute Gasteiger partial charge is 0.271 e. The van der Waals surface area contributed by atoms with Crippen LogP contribution in [0.1, 0.15) is 104 Å². The second-order valence-electron chi connectivity index (χ2n) is 7.62. The van der Waals surface area contributed by atoms with Gasteiger partial charge in [0.1, 0.15) is 0 Å². The van der Waals surface area contributed by atoms with Gasteiger partial charge in [-0.25, -0.2) is 0 Å². The first-order chi connectivity index (χ1) is 13.0. The summed E-state index contributed by atoms with van der Waals surface area (Å²) >= 11 is 0. The fourth-order valence-corrected chi connectivity index (χ4v) is 3.98. The van der Waals surface area contributed by atoms with Crippen LogP contribution in [0.3, 0.4) is 0 Å². The summed E-state index contributed by atoms with van der Waals surface area (Å²) in [4.78, 5) is 0. The molecule has 0 saturated carbocycles. The van der Waals surface area contributed by atoms with Gasteiger partial charge in [0.15, 0.2) is 0 Å². The Morgan fingerprint density at radius 2 is 1.30 bits per heavy atom. The van der Waals surface area contributed by atoms with Crippen LogP contribution in [0, 0.1) is 0 Å². The van der Waals surface area contributed by atoms with Crippen molar-refractivity contribution < 1.29 is 12.6 Å². The van der Waals surface area contributed by atoms with Gasteiger partial charge >= 0.3 is 0 Å². The summed E-state index contributed by atoms with van der Waals surface area (Å²) in [6, 6.07) is 0. The maximum absolute atomic E-state index is 11.8. The Morgan fingerprint density at radius 1 is 0.815 bits per heavy atom. The summed E-state index contributed by atoms with van der Waals surface area (Å²) in [6.45, 7) is 4.68. The lowest BCUT2D eigenvalue weighted by Crippen LogP contribution is -2.30. The minimum atomic E-state index is -3.41. The highest BCUT2D eigenvalue weighted by molar-refractivity contribution is 7.87. The molecule has 5 heteroatoms. The molecule has 1 unspecified atom stereocenters. The van der Waals surface area contributed by atoms with E-state index in [0.29, 0.717) is 13.2 Å². The van der Waals surface area contributed by atoms with E-state index in [1.165, 1.54) is 70.6 Å². The van der Waals surface area contributed by atoms with E-state index in [1.54, 1.807) is 14.0 Å². The molecule has 0 aromatic rings. The third-order valence-electron chi connectivity index (χ3n) is 4.89. The van der Waals surface area contributed by atoms with Gasteiger partial charge < -0.3 is 5.32 Å². The van der Waals surface area contributed by atoms with Crippen molar-refractivity contribution in [1.29, 1.82) is 0 Å². The zero-order valence-electron chi connectivity index (χ0n) is 18.2. The second-order valence-corrected chi connectivity index (χ2v) is 9.65. The SMILES string of the molecule is CCCCCCCC/C=C\CCCCCCCCOS(=O)(=O)C(C)CNC. The Balaban J connectivity index is 3.35. The quantitative estimate of drug-likeness (QED) is 0.154. The molecule has 0 saturated heterocycles. The fourth-order valence-electron chi connectivity index (χ4n) is 3.03. The van der Waals surface area contributed by atoms with Crippen molar-refractivity contribution in [2.45, 2.75) is 109 Å². The summed E-state index contributed by atoms with van der Waals surface area (Å²) in [5.41, 5.74) is 0. The lowest BCUT2D eigenvalue weighted by Gasteiger charge is -2.12. The Labute approximate surface area is 169 Å². The van der Waals surface area contributed by atoms with E-state index in [2.05, 4.69) is 24.4 Å². The number of nitrogens with one attached hydrogen (secondary N) is 1. The van der Waals surface area contributed by atoms with Gasteiger partial charge in [-0.1, -0.05) is 76.9 Å². The van der Waals surface area contributed by atoms with Gasteiger partial charge in [0.05, 0.1) is 11.9 Å². The number of unbranched alkanes of at least 4 members (excludes halogenated alkanes) is 12. The molecule has 1 N–H and O–H groups in total. The summed E-state index contributed by atoms with van der Waals surface area (Å²) < 4.78 is 28.7. The van der Waals surface area contributed by atoms with Gasteiger partial charge in [0.2, 0.25) is 0 Å². The topological polar surface area (TPSA) is 55.4 Å². The minimum Gasteiger partial charge on any atom is -0.318 e. The lowest BCUT2D eigenvalue weighted by atomic mass is 10.1. The molecule has 0 radical (unpaired) electrons. The number of hydrogen-bond donors (Lipinski definition) is 1. The maximum atomic E-state index is 11.8. The van der Waals surface area contributed by atoms with Crippen molar-refractivity contribution in [3.63, 3.8) is 0 Å². The highest BCUT2D eigenvalue weighted by Gasteiger charge is 2.20. The normalized spacial score (nSPS) is 13.4. The predicted octanol–water partition coefficient (Wildman–Crippen LogP) is 5.98. The van der Waals surface area contributed by atoms with Crippen LogP contribution in [0.15, 0.2) is 12.2 Å². The van der Waals surface area contributed by atoms with Crippen molar-refractivity contribution in [2.24, 2.45) is 0 Å². The van der Waals surface area contributed by atoms with Crippen molar-refractivity contribution in [3.8, 4) is 0 Å². The number of rotatable bonds is 20. The molecule has 0 aromatic carbocycles. The third-order valence-corrected chi connectivity index (χ3v) is 6.54. The summed E-state index contributed by atoms with van der Waals surface area (Å²) in [6.07, 6.45) is 22.1. The lowest BCUT2D eigenvalue weighted by molar-refractivity contribution is 0.301. The Hall–Kier alpha value is -0.390. The number of allylic oxidation sites excluding steroid dienone is 2. The van der Waals surface area contributed by atoms with E-state index in [1.807, 2.05) is 0 Å². The summed E-state index contributed by atoms with van der Waals surface area (Å²) in [5, 5.41) is 2.38. The van der Waals surface area contributed by atoms with Crippen molar-refractivity contribution >= 4 is 10.1 Å².